The molecule has 0 saturated carbocycles. The molecule has 1 aliphatic rings. The van der Waals surface area contributed by atoms with E-state index in [0.717, 1.165) is 36.2 Å². The van der Waals surface area contributed by atoms with Crippen molar-refractivity contribution in [2.24, 2.45) is 0 Å². The summed E-state index contributed by atoms with van der Waals surface area (Å²) in [6.07, 6.45) is 3.39. The minimum Gasteiger partial charge on any atom is -0.392 e. The third kappa shape index (κ3) is 5.88. The van der Waals surface area contributed by atoms with Crippen LogP contribution >= 0.6 is 0 Å². The van der Waals surface area contributed by atoms with Gasteiger partial charge in [0.25, 0.3) is 5.91 Å². The molecule has 9 nitrogen and oxygen atoms in total. The minimum atomic E-state index is -4.06. The summed E-state index contributed by atoms with van der Waals surface area (Å²) in [5.41, 5.74) is 8.85. The zero-order chi connectivity index (χ0) is 32.0. The molecule has 0 spiro atoms. The minimum absolute atomic E-state index is 0.135. The topological polar surface area (TPSA) is 119 Å². The van der Waals surface area contributed by atoms with Crippen LogP contribution in [0.3, 0.4) is 0 Å². The fraction of sp³-hybridized carbons (Fsp3) is 0.286. The summed E-state index contributed by atoms with van der Waals surface area (Å²) >= 11 is 0. The van der Waals surface area contributed by atoms with Crippen LogP contribution in [0.2, 0.25) is 0 Å². The van der Waals surface area contributed by atoms with E-state index in [1.807, 2.05) is 19.1 Å². The number of H-pyrrole nitrogens is 1. The van der Waals surface area contributed by atoms with E-state index < -0.39 is 15.9 Å². The lowest BCUT2D eigenvalue weighted by Crippen LogP contribution is -2.32. The number of rotatable bonds is 7. The first-order valence-electron chi connectivity index (χ1n) is 15.0. The number of sulfone groups is 1. The molecule has 0 aliphatic carbocycles. The number of aromatic amines is 1. The lowest BCUT2D eigenvalue weighted by atomic mass is 9.90. The van der Waals surface area contributed by atoms with E-state index >= 15 is 0 Å². The van der Waals surface area contributed by atoms with E-state index in [-0.39, 0.29) is 22.4 Å². The van der Waals surface area contributed by atoms with Gasteiger partial charge in [-0.2, -0.15) is 0 Å². The maximum atomic E-state index is 14.3. The van der Waals surface area contributed by atoms with Gasteiger partial charge in [0.2, 0.25) is 9.84 Å². The van der Waals surface area contributed by atoms with E-state index in [4.69, 9.17) is 0 Å². The van der Waals surface area contributed by atoms with Crippen molar-refractivity contribution in [3.05, 3.63) is 94.8 Å². The second-order valence-corrected chi connectivity index (χ2v) is 14.0. The highest BCUT2D eigenvalue weighted by atomic mass is 32.2. The Morgan fingerprint density at radius 1 is 1.07 bits per heavy atom. The monoisotopic (exact) mass is 623 g/mol. The predicted molar refractivity (Wildman–Crippen MR) is 175 cm³/mol. The quantitative estimate of drug-likeness (QED) is 0.256. The van der Waals surface area contributed by atoms with Gasteiger partial charge in [-0.15, -0.1) is 0 Å². The number of aliphatic hydroxyl groups excluding tert-OH is 1. The molecule has 3 heterocycles. The van der Waals surface area contributed by atoms with E-state index in [0.29, 0.717) is 27.9 Å². The number of fused-ring (bicyclic) bond motifs is 2. The number of amides is 1. The Labute approximate surface area is 263 Å². The lowest BCUT2D eigenvalue weighted by molar-refractivity contribution is 0.0703. The first-order chi connectivity index (χ1) is 21.4. The molecule has 0 unspecified atom stereocenters. The number of likely N-dealkylation sites (N-methyl/N-ethyl adjacent to an activating group) is 2. The van der Waals surface area contributed by atoms with Crippen LogP contribution in [0.5, 0.6) is 0 Å². The molecular weight excluding hydrogens is 586 g/mol. The number of aromatic nitrogens is 3. The largest absolute Gasteiger partial charge is 0.392 e. The SMILES string of the molecule is Cc1ccc(-c2cc(C)c3c(c2)CN(C)CC3)c(S(=O)(=O)c2cnc3[nH]cc(-c4ccc(C(=O)N(C)C[C@@H](C)O)cc4)c3n2)c1. The van der Waals surface area contributed by atoms with Gasteiger partial charge in [0.05, 0.1) is 17.2 Å². The van der Waals surface area contributed by atoms with Crippen molar-refractivity contribution in [1.82, 2.24) is 24.8 Å². The molecule has 0 radical (unpaired) electrons. The fourth-order valence-electron chi connectivity index (χ4n) is 6.14. The standard InChI is InChI=1S/C35H37N5O4S/c1-21-6-11-29(26-15-22(2)28-12-13-39(4)20-27(28)16-26)31(14-21)45(43,44)32-18-37-34-33(38-32)30(17-36-34)24-7-9-25(10-8-24)35(42)40(5)19-23(3)41/h6-11,14-18,23,41H,12-13,19-20H2,1-5H3,(H,36,37)/t23-/m1/s1. The van der Waals surface area contributed by atoms with Crippen LogP contribution in [-0.4, -0.2) is 77.5 Å². The van der Waals surface area contributed by atoms with Crippen LogP contribution in [0.25, 0.3) is 33.4 Å². The Balaban J connectivity index is 1.39. The zero-order valence-corrected chi connectivity index (χ0v) is 26.9. The molecule has 45 heavy (non-hydrogen) atoms. The van der Waals surface area contributed by atoms with Gasteiger partial charge < -0.3 is 19.9 Å². The normalized spacial score (nSPS) is 14.4. The summed E-state index contributed by atoms with van der Waals surface area (Å²) in [4.78, 5) is 28.9. The van der Waals surface area contributed by atoms with E-state index in [1.54, 1.807) is 50.5 Å². The van der Waals surface area contributed by atoms with Gasteiger partial charge in [-0.05, 0) is 91.9 Å². The molecule has 2 N–H and O–H groups in total. The van der Waals surface area contributed by atoms with Crippen LogP contribution < -0.4 is 0 Å². The van der Waals surface area contributed by atoms with Crippen LogP contribution in [-0.2, 0) is 22.8 Å². The first-order valence-corrected chi connectivity index (χ1v) is 16.5. The van der Waals surface area contributed by atoms with Crippen molar-refractivity contribution in [3.8, 4) is 22.3 Å². The number of nitrogens with one attached hydrogen (secondary N) is 1. The fourth-order valence-corrected chi connectivity index (χ4v) is 7.58. The highest BCUT2D eigenvalue weighted by Gasteiger charge is 2.27. The Bertz CT molecular complexity index is 2030. The first kappa shape index (κ1) is 30.6. The molecule has 232 valence electrons. The number of aliphatic hydroxyl groups is 1. The molecule has 3 aromatic carbocycles. The molecule has 0 bridgehead atoms. The zero-order valence-electron chi connectivity index (χ0n) is 26.1. The van der Waals surface area contributed by atoms with Gasteiger partial charge in [-0.3, -0.25) is 4.79 Å². The number of benzene rings is 3. The molecule has 2 aromatic heterocycles. The van der Waals surface area contributed by atoms with Gasteiger partial charge in [0.15, 0.2) is 10.7 Å². The summed E-state index contributed by atoms with van der Waals surface area (Å²) in [6.45, 7) is 7.66. The van der Waals surface area contributed by atoms with Crippen molar-refractivity contribution in [2.45, 2.75) is 49.8 Å². The Kier molecular flexibility index (Phi) is 8.07. The maximum Gasteiger partial charge on any atom is 0.253 e. The van der Waals surface area contributed by atoms with E-state index in [1.165, 1.54) is 27.8 Å². The van der Waals surface area contributed by atoms with E-state index in [9.17, 15) is 18.3 Å². The molecule has 1 aliphatic heterocycles. The highest BCUT2D eigenvalue weighted by Crippen LogP contribution is 2.36. The van der Waals surface area contributed by atoms with Gasteiger partial charge >= 0.3 is 0 Å². The second-order valence-electron chi connectivity index (χ2n) is 12.1. The average Bonchev–Trinajstić information content (AvgIpc) is 3.43. The van der Waals surface area contributed by atoms with Crippen molar-refractivity contribution in [2.75, 3.05) is 27.2 Å². The third-order valence-corrected chi connectivity index (χ3v) is 10.1. The van der Waals surface area contributed by atoms with Crippen molar-refractivity contribution >= 4 is 26.9 Å². The van der Waals surface area contributed by atoms with Crippen molar-refractivity contribution in [3.63, 3.8) is 0 Å². The van der Waals surface area contributed by atoms with Crippen LogP contribution in [0.4, 0.5) is 0 Å². The molecule has 1 amide bonds. The Morgan fingerprint density at radius 3 is 2.56 bits per heavy atom. The van der Waals surface area contributed by atoms with E-state index in [2.05, 4.69) is 46.0 Å². The summed E-state index contributed by atoms with van der Waals surface area (Å²) in [6, 6.07) is 16.7. The summed E-state index contributed by atoms with van der Waals surface area (Å²) in [5, 5.41) is 9.50. The molecule has 6 rings (SSSR count). The number of aryl methyl sites for hydroxylation is 2. The van der Waals surface area contributed by atoms with Crippen LogP contribution in [0.15, 0.2) is 76.9 Å². The molecule has 1 atom stereocenters. The molecule has 0 saturated heterocycles. The van der Waals surface area contributed by atoms with Gasteiger partial charge in [0, 0.05) is 49.6 Å². The van der Waals surface area contributed by atoms with Crippen LogP contribution in [0.1, 0.15) is 39.5 Å². The smallest absolute Gasteiger partial charge is 0.253 e. The number of carbonyl (C=O) groups is 1. The van der Waals surface area contributed by atoms with Crippen molar-refractivity contribution in [1.29, 1.82) is 0 Å². The molecule has 10 heteroatoms. The second kappa shape index (κ2) is 11.8. The summed E-state index contributed by atoms with van der Waals surface area (Å²) in [7, 11) is -0.315. The van der Waals surface area contributed by atoms with Gasteiger partial charge in [-0.1, -0.05) is 30.3 Å². The number of hydrogen-bond donors (Lipinski definition) is 2. The third-order valence-electron chi connectivity index (χ3n) is 8.45. The van der Waals surface area contributed by atoms with Gasteiger partial charge in [-0.25, -0.2) is 18.4 Å². The Morgan fingerprint density at radius 2 is 1.82 bits per heavy atom. The van der Waals surface area contributed by atoms with Gasteiger partial charge in [0.1, 0.15) is 5.52 Å². The number of carbonyl (C=O) groups excluding carboxylic acids is 1. The number of hydrogen-bond acceptors (Lipinski definition) is 7. The maximum absolute atomic E-state index is 14.3. The lowest BCUT2D eigenvalue weighted by Gasteiger charge is -2.27. The Hall–Kier alpha value is -4.38. The number of nitrogens with zero attached hydrogens (tertiary/aromatic N) is 4. The molecular formula is C35H37N5O4S. The highest BCUT2D eigenvalue weighted by molar-refractivity contribution is 7.91. The van der Waals surface area contributed by atoms with Crippen LogP contribution in [0, 0.1) is 13.8 Å². The molecule has 5 aromatic rings. The summed E-state index contributed by atoms with van der Waals surface area (Å²) in [5.74, 6) is -0.204. The molecule has 0 fully saturated rings. The average molecular weight is 624 g/mol. The van der Waals surface area contributed by atoms with Crippen molar-refractivity contribution < 1.29 is 18.3 Å². The predicted octanol–water partition coefficient (Wildman–Crippen LogP) is 5.18. The summed E-state index contributed by atoms with van der Waals surface area (Å²) < 4.78 is 28.6.